The standard InChI is InChI=1S/C15H18N4O4/c1-15(2,3)23-14(22)18-6-9(7-18)19-8-12-10(17-19)4-5-11(16-12)13(20)21/h4-5,8-9H,6-7H2,1-3H3,(H,20,21). The maximum absolute atomic E-state index is 11.9. The lowest BCUT2D eigenvalue weighted by molar-refractivity contribution is -0.000309. The van der Waals surface area contributed by atoms with Gasteiger partial charge < -0.3 is 14.7 Å². The van der Waals surface area contributed by atoms with E-state index in [1.165, 1.54) is 6.07 Å². The molecule has 1 N–H and O–H groups in total. The molecule has 1 aliphatic rings. The summed E-state index contributed by atoms with van der Waals surface area (Å²) in [6.07, 6.45) is 1.37. The minimum Gasteiger partial charge on any atom is -0.477 e. The third-order valence-electron chi connectivity index (χ3n) is 3.49. The maximum atomic E-state index is 11.9. The van der Waals surface area contributed by atoms with E-state index in [1.54, 1.807) is 21.8 Å². The smallest absolute Gasteiger partial charge is 0.410 e. The van der Waals surface area contributed by atoms with E-state index in [9.17, 15) is 9.59 Å². The van der Waals surface area contributed by atoms with Gasteiger partial charge in [0.1, 0.15) is 22.3 Å². The van der Waals surface area contributed by atoms with Crippen LogP contribution in [-0.4, -0.2) is 55.5 Å². The van der Waals surface area contributed by atoms with Crippen molar-refractivity contribution >= 4 is 23.1 Å². The molecule has 0 aliphatic carbocycles. The lowest BCUT2D eigenvalue weighted by Crippen LogP contribution is -2.52. The highest BCUT2D eigenvalue weighted by atomic mass is 16.6. The summed E-state index contributed by atoms with van der Waals surface area (Å²) >= 11 is 0. The number of fused-ring (bicyclic) bond motifs is 1. The number of aromatic carboxylic acids is 1. The molecule has 8 heteroatoms. The largest absolute Gasteiger partial charge is 0.477 e. The summed E-state index contributed by atoms with van der Waals surface area (Å²) < 4.78 is 7.03. The molecule has 0 atom stereocenters. The molecule has 1 amide bonds. The van der Waals surface area contributed by atoms with Crippen molar-refractivity contribution in [1.29, 1.82) is 0 Å². The van der Waals surface area contributed by atoms with E-state index in [4.69, 9.17) is 9.84 Å². The van der Waals surface area contributed by atoms with Gasteiger partial charge in [-0.05, 0) is 32.9 Å². The van der Waals surface area contributed by atoms with Gasteiger partial charge in [-0.25, -0.2) is 14.6 Å². The number of hydrogen-bond donors (Lipinski definition) is 1. The van der Waals surface area contributed by atoms with Gasteiger partial charge in [-0.1, -0.05) is 0 Å². The lowest BCUT2D eigenvalue weighted by atomic mass is 10.1. The summed E-state index contributed by atoms with van der Waals surface area (Å²) in [6, 6.07) is 3.10. The van der Waals surface area contributed by atoms with E-state index in [0.29, 0.717) is 24.1 Å². The number of aromatic nitrogens is 3. The molecule has 1 fully saturated rings. The van der Waals surface area contributed by atoms with Crippen LogP contribution in [0, 0.1) is 0 Å². The van der Waals surface area contributed by atoms with E-state index >= 15 is 0 Å². The molecule has 0 radical (unpaired) electrons. The first-order valence-electron chi connectivity index (χ1n) is 7.30. The van der Waals surface area contributed by atoms with Crippen LogP contribution in [0.25, 0.3) is 11.0 Å². The van der Waals surface area contributed by atoms with Crippen LogP contribution in [0.3, 0.4) is 0 Å². The molecule has 1 aliphatic heterocycles. The van der Waals surface area contributed by atoms with E-state index in [1.807, 2.05) is 20.8 Å². The van der Waals surface area contributed by atoms with Gasteiger partial charge in [-0.3, -0.25) is 4.68 Å². The van der Waals surface area contributed by atoms with Crippen molar-refractivity contribution in [2.24, 2.45) is 0 Å². The van der Waals surface area contributed by atoms with Crippen LogP contribution in [0.15, 0.2) is 18.3 Å². The van der Waals surface area contributed by atoms with Gasteiger partial charge in [0.25, 0.3) is 0 Å². The van der Waals surface area contributed by atoms with Crippen LogP contribution in [0.5, 0.6) is 0 Å². The first-order chi connectivity index (χ1) is 10.7. The first-order valence-corrected chi connectivity index (χ1v) is 7.30. The molecule has 0 bridgehead atoms. The number of hydrogen-bond acceptors (Lipinski definition) is 5. The molecule has 0 spiro atoms. The molecule has 3 heterocycles. The Labute approximate surface area is 132 Å². The Kier molecular flexibility index (Phi) is 3.46. The Morgan fingerprint density at radius 1 is 1.26 bits per heavy atom. The minimum absolute atomic E-state index is 0.0129. The second-order valence-corrected chi connectivity index (χ2v) is 6.55. The van der Waals surface area contributed by atoms with Crippen LogP contribution < -0.4 is 0 Å². The minimum atomic E-state index is -1.07. The molecule has 8 nitrogen and oxygen atoms in total. The van der Waals surface area contributed by atoms with Gasteiger partial charge in [0.05, 0.1) is 12.2 Å². The quantitative estimate of drug-likeness (QED) is 0.908. The average molecular weight is 318 g/mol. The van der Waals surface area contributed by atoms with Crippen molar-refractivity contribution < 1.29 is 19.4 Å². The zero-order chi connectivity index (χ0) is 16.8. The Morgan fingerprint density at radius 2 is 1.96 bits per heavy atom. The zero-order valence-electron chi connectivity index (χ0n) is 13.2. The fourth-order valence-corrected chi connectivity index (χ4v) is 2.33. The Morgan fingerprint density at radius 3 is 2.57 bits per heavy atom. The molecule has 3 rings (SSSR count). The normalized spacial score (nSPS) is 15.5. The lowest BCUT2D eigenvalue weighted by Gasteiger charge is -2.39. The highest BCUT2D eigenvalue weighted by Crippen LogP contribution is 2.24. The van der Waals surface area contributed by atoms with Crippen molar-refractivity contribution in [3.8, 4) is 0 Å². The number of carbonyl (C=O) groups is 2. The molecular formula is C15H18N4O4. The van der Waals surface area contributed by atoms with Gasteiger partial charge in [-0.15, -0.1) is 0 Å². The molecular weight excluding hydrogens is 300 g/mol. The van der Waals surface area contributed by atoms with Crippen molar-refractivity contribution in [3.05, 3.63) is 24.0 Å². The molecule has 23 heavy (non-hydrogen) atoms. The summed E-state index contributed by atoms with van der Waals surface area (Å²) in [6.45, 7) is 6.50. The molecule has 2 aromatic heterocycles. The van der Waals surface area contributed by atoms with Crippen LogP contribution in [0.1, 0.15) is 37.3 Å². The summed E-state index contributed by atoms with van der Waals surface area (Å²) in [5.41, 5.74) is 0.632. The summed E-state index contributed by atoms with van der Waals surface area (Å²) in [4.78, 5) is 28.5. The molecule has 0 aromatic carbocycles. The van der Waals surface area contributed by atoms with Crippen molar-refractivity contribution in [2.45, 2.75) is 32.4 Å². The third-order valence-corrected chi connectivity index (χ3v) is 3.49. The number of ether oxygens (including phenoxy) is 1. The Hall–Kier alpha value is -2.64. The number of carboxylic acid groups (broad SMARTS) is 1. The third kappa shape index (κ3) is 3.10. The van der Waals surface area contributed by atoms with Gasteiger partial charge in [0, 0.05) is 13.1 Å². The van der Waals surface area contributed by atoms with Crippen molar-refractivity contribution in [2.75, 3.05) is 13.1 Å². The van der Waals surface area contributed by atoms with Crippen molar-refractivity contribution in [3.63, 3.8) is 0 Å². The number of pyridine rings is 1. The fraction of sp³-hybridized carbons (Fsp3) is 0.467. The van der Waals surface area contributed by atoms with Crippen molar-refractivity contribution in [1.82, 2.24) is 19.7 Å². The predicted molar refractivity (Wildman–Crippen MR) is 81.3 cm³/mol. The SMILES string of the molecule is CC(C)(C)OC(=O)N1CC(n2cc3nc(C(=O)O)ccc3n2)C1. The van der Waals surface area contributed by atoms with Crippen LogP contribution in [0.4, 0.5) is 4.79 Å². The summed E-state index contributed by atoms with van der Waals surface area (Å²) in [5, 5.41) is 13.3. The maximum Gasteiger partial charge on any atom is 0.410 e. The van der Waals surface area contributed by atoms with Crippen LogP contribution >= 0.6 is 0 Å². The van der Waals surface area contributed by atoms with Gasteiger partial charge in [0.2, 0.25) is 0 Å². The number of nitrogens with zero attached hydrogens (tertiary/aromatic N) is 4. The topological polar surface area (TPSA) is 97.6 Å². The highest BCUT2D eigenvalue weighted by molar-refractivity contribution is 5.88. The van der Waals surface area contributed by atoms with Crippen LogP contribution in [0.2, 0.25) is 0 Å². The summed E-state index contributed by atoms with van der Waals surface area (Å²) in [7, 11) is 0. The van der Waals surface area contributed by atoms with Gasteiger partial charge in [-0.2, -0.15) is 5.10 Å². The second kappa shape index (κ2) is 5.22. The number of rotatable bonds is 2. The van der Waals surface area contributed by atoms with E-state index in [-0.39, 0.29) is 17.8 Å². The Bertz CT molecular complexity index is 771. The molecule has 122 valence electrons. The second-order valence-electron chi connectivity index (χ2n) is 6.55. The fourth-order valence-electron chi connectivity index (χ4n) is 2.33. The van der Waals surface area contributed by atoms with Crippen LogP contribution in [-0.2, 0) is 4.74 Å². The van der Waals surface area contributed by atoms with Gasteiger partial charge >= 0.3 is 12.1 Å². The zero-order valence-corrected chi connectivity index (χ0v) is 13.2. The monoisotopic (exact) mass is 318 g/mol. The van der Waals surface area contributed by atoms with E-state index < -0.39 is 11.6 Å². The predicted octanol–water partition coefficient (Wildman–Crippen LogP) is 1.92. The molecule has 1 saturated heterocycles. The molecule has 2 aromatic rings. The summed E-state index contributed by atoms with van der Waals surface area (Å²) in [5.74, 6) is -1.07. The highest BCUT2D eigenvalue weighted by Gasteiger charge is 2.35. The van der Waals surface area contributed by atoms with E-state index in [2.05, 4.69) is 10.1 Å². The molecule has 0 unspecified atom stereocenters. The number of carbonyl (C=O) groups excluding carboxylic acids is 1. The molecule has 0 saturated carbocycles. The first kappa shape index (κ1) is 15.3. The number of carboxylic acids is 1. The average Bonchev–Trinajstić information content (AvgIpc) is 2.76. The van der Waals surface area contributed by atoms with Gasteiger partial charge in [0.15, 0.2) is 0 Å². The van der Waals surface area contributed by atoms with E-state index in [0.717, 1.165) is 0 Å². The Balaban J connectivity index is 1.69. The number of amides is 1. The number of likely N-dealkylation sites (tertiary alicyclic amines) is 1.